The molecule has 2 heterocycles. The Kier molecular flexibility index (Phi) is 5.40. The second-order valence-electron chi connectivity index (χ2n) is 5.60. The fourth-order valence-electron chi connectivity index (χ4n) is 3.26. The number of piperidine rings is 1. The molecule has 1 saturated heterocycles. The number of hydrogen-bond acceptors (Lipinski definition) is 3. The van der Waals surface area contributed by atoms with Gasteiger partial charge in [0, 0.05) is 12.7 Å². The van der Waals surface area contributed by atoms with Crippen molar-refractivity contribution in [1.29, 1.82) is 0 Å². The smallest absolute Gasteiger partial charge is 0.0558 e. The highest BCUT2D eigenvalue weighted by molar-refractivity contribution is 5.10. The lowest BCUT2D eigenvalue weighted by atomic mass is 9.87. The molecule has 0 amide bonds. The number of likely N-dealkylation sites (tertiary alicyclic amines) is 1. The van der Waals surface area contributed by atoms with Crippen molar-refractivity contribution < 1.29 is 0 Å². The average molecular weight is 264 g/mol. The standard InChI is InChI=1S/C15H28N4/c1-4-9-16-12-13-7-6-11-18(3)15(13)14-8-10-17-19(14)5-2/h8,10,13,15-16H,4-7,9,11-12H2,1-3H3. The van der Waals surface area contributed by atoms with Gasteiger partial charge in [0.2, 0.25) is 0 Å². The van der Waals surface area contributed by atoms with E-state index < -0.39 is 0 Å². The van der Waals surface area contributed by atoms with Crippen molar-refractivity contribution in [1.82, 2.24) is 20.0 Å². The number of hydrogen-bond donors (Lipinski definition) is 1. The van der Waals surface area contributed by atoms with E-state index in [4.69, 9.17) is 0 Å². The Morgan fingerprint density at radius 1 is 1.42 bits per heavy atom. The summed E-state index contributed by atoms with van der Waals surface area (Å²) in [6, 6.07) is 2.71. The van der Waals surface area contributed by atoms with Crippen molar-refractivity contribution in [2.24, 2.45) is 5.92 Å². The number of nitrogens with zero attached hydrogens (tertiary/aromatic N) is 3. The van der Waals surface area contributed by atoms with Crippen molar-refractivity contribution in [2.75, 3.05) is 26.7 Å². The summed E-state index contributed by atoms with van der Waals surface area (Å²) < 4.78 is 2.15. The Morgan fingerprint density at radius 2 is 2.26 bits per heavy atom. The molecule has 1 fully saturated rings. The first kappa shape index (κ1) is 14.5. The Labute approximate surface area is 117 Å². The quantitative estimate of drug-likeness (QED) is 0.800. The van der Waals surface area contributed by atoms with E-state index in [-0.39, 0.29) is 0 Å². The molecule has 0 radical (unpaired) electrons. The number of aromatic nitrogens is 2. The lowest BCUT2D eigenvalue weighted by molar-refractivity contribution is 0.112. The number of aryl methyl sites for hydroxylation is 1. The molecule has 108 valence electrons. The van der Waals surface area contributed by atoms with E-state index in [1.807, 2.05) is 6.20 Å². The van der Waals surface area contributed by atoms with Crippen molar-refractivity contribution in [3.63, 3.8) is 0 Å². The van der Waals surface area contributed by atoms with Crippen molar-refractivity contribution in [3.05, 3.63) is 18.0 Å². The van der Waals surface area contributed by atoms with Gasteiger partial charge in [-0.2, -0.15) is 5.10 Å². The summed E-state index contributed by atoms with van der Waals surface area (Å²) >= 11 is 0. The predicted molar refractivity (Wildman–Crippen MR) is 79.2 cm³/mol. The van der Waals surface area contributed by atoms with Gasteiger partial charge in [0.05, 0.1) is 11.7 Å². The van der Waals surface area contributed by atoms with Gasteiger partial charge < -0.3 is 5.32 Å². The van der Waals surface area contributed by atoms with Gasteiger partial charge in [-0.15, -0.1) is 0 Å². The van der Waals surface area contributed by atoms with Crippen LogP contribution in [-0.2, 0) is 6.54 Å². The SMILES string of the molecule is CCCNCC1CCCN(C)C1c1ccnn1CC. The second-order valence-corrected chi connectivity index (χ2v) is 5.60. The maximum absolute atomic E-state index is 4.44. The molecule has 1 aromatic rings. The summed E-state index contributed by atoms with van der Waals surface area (Å²) in [6.45, 7) is 8.80. The predicted octanol–water partition coefficient (Wildman–Crippen LogP) is 2.29. The Bertz CT molecular complexity index is 374. The minimum absolute atomic E-state index is 0.514. The van der Waals surface area contributed by atoms with Crippen LogP contribution in [0.15, 0.2) is 12.3 Å². The molecular formula is C15H28N4. The molecule has 19 heavy (non-hydrogen) atoms. The molecule has 2 unspecified atom stereocenters. The molecule has 2 atom stereocenters. The fourth-order valence-corrected chi connectivity index (χ4v) is 3.26. The number of rotatable bonds is 6. The van der Waals surface area contributed by atoms with Crippen LogP contribution in [0.25, 0.3) is 0 Å². The summed E-state index contributed by atoms with van der Waals surface area (Å²) in [5, 5.41) is 8.04. The summed E-state index contributed by atoms with van der Waals surface area (Å²) in [7, 11) is 2.25. The summed E-state index contributed by atoms with van der Waals surface area (Å²) in [5.74, 6) is 0.701. The average Bonchev–Trinajstić information content (AvgIpc) is 2.87. The molecule has 4 heteroatoms. The van der Waals surface area contributed by atoms with Crippen LogP contribution >= 0.6 is 0 Å². The van der Waals surface area contributed by atoms with E-state index in [1.165, 1.54) is 31.5 Å². The van der Waals surface area contributed by atoms with Gasteiger partial charge in [-0.05, 0) is 64.9 Å². The van der Waals surface area contributed by atoms with Gasteiger partial charge in [-0.3, -0.25) is 9.58 Å². The molecule has 0 saturated carbocycles. The molecule has 2 rings (SSSR count). The maximum atomic E-state index is 4.44. The molecule has 0 spiro atoms. The van der Waals surface area contributed by atoms with Gasteiger partial charge in [-0.25, -0.2) is 0 Å². The van der Waals surface area contributed by atoms with E-state index in [9.17, 15) is 0 Å². The fraction of sp³-hybridized carbons (Fsp3) is 0.800. The van der Waals surface area contributed by atoms with Crippen LogP contribution in [0.4, 0.5) is 0 Å². The van der Waals surface area contributed by atoms with Crippen molar-refractivity contribution in [3.8, 4) is 0 Å². The number of nitrogens with one attached hydrogen (secondary N) is 1. The van der Waals surface area contributed by atoms with Crippen molar-refractivity contribution >= 4 is 0 Å². The minimum atomic E-state index is 0.514. The largest absolute Gasteiger partial charge is 0.316 e. The molecule has 1 aromatic heterocycles. The third-order valence-electron chi connectivity index (χ3n) is 4.19. The monoisotopic (exact) mass is 264 g/mol. The van der Waals surface area contributed by atoms with Crippen LogP contribution in [-0.4, -0.2) is 41.4 Å². The lowest BCUT2D eigenvalue weighted by Gasteiger charge is -2.39. The van der Waals surface area contributed by atoms with Gasteiger partial charge in [0.1, 0.15) is 0 Å². The normalized spacial score (nSPS) is 24.8. The summed E-state index contributed by atoms with van der Waals surface area (Å²) in [6.07, 6.45) is 5.78. The molecule has 1 aliphatic rings. The molecule has 1 N–H and O–H groups in total. The van der Waals surface area contributed by atoms with Crippen LogP contribution < -0.4 is 5.32 Å². The third kappa shape index (κ3) is 3.37. The molecule has 0 bridgehead atoms. The Balaban J connectivity index is 2.11. The lowest BCUT2D eigenvalue weighted by Crippen LogP contribution is -2.41. The van der Waals surface area contributed by atoms with Gasteiger partial charge in [-0.1, -0.05) is 6.92 Å². The van der Waals surface area contributed by atoms with Crippen molar-refractivity contribution in [2.45, 2.75) is 45.7 Å². The zero-order chi connectivity index (χ0) is 13.7. The topological polar surface area (TPSA) is 33.1 Å². The molecule has 1 aliphatic heterocycles. The molecule has 0 aromatic carbocycles. The maximum Gasteiger partial charge on any atom is 0.0558 e. The zero-order valence-corrected chi connectivity index (χ0v) is 12.6. The Hall–Kier alpha value is -0.870. The summed E-state index contributed by atoms with van der Waals surface area (Å²) in [5.41, 5.74) is 1.38. The molecular weight excluding hydrogens is 236 g/mol. The van der Waals surface area contributed by atoms with Gasteiger partial charge in [0.15, 0.2) is 0 Å². The van der Waals surface area contributed by atoms with E-state index in [2.05, 4.69) is 47.0 Å². The van der Waals surface area contributed by atoms with E-state index in [0.717, 1.165) is 19.6 Å². The molecule has 0 aliphatic carbocycles. The van der Waals surface area contributed by atoms with E-state index in [0.29, 0.717) is 12.0 Å². The van der Waals surface area contributed by atoms with Crippen LogP contribution in [0, 0.1) is 5.92 Å². The zero-order valence-electron chi connectivity index (χ0n) is 12.6. The van der Waals surface area contributed by atoms with Crippen LogP contribution in [0.5, 0.6) is 0 Å². The first-order valence-electron chi connectivity index (χ1n) is 7.70. The van der Waals surface area contributed by atoms with E-state index >= 15 is 0 Å². The first-order valence-corrected chi connectivity index (χ1v) is 7.70. The highest BCUT2D eigenvalue weighted by Gasteiger charge is 2.32. The minimum Gasteiger partial charge on any atom is -0.316 e. The van der Waals surface area contributed by atoms with E-state index in [1.54, 1.807) is 0 Å². The molecule has 4 nitrogen and oxygen atoms in total. The second kappa shape index (κ2) is 7.06. The highest BCUT2D eigenvalue weighted by Crippen LogP contribution is 2.34. The van der Waals surface area contributed by atoms with Gasteiger partial charge >= 0.3 is 0 Å². The van der Waals surface area contributed by atoms with Crippen LogP contribution in [0.2, 0.25) is 0 Å². The summed E-state index contributed by atoms with van der Waals surface area (Å²) in [4.78, 5) is 2.50. The first-order chi connectivity index (χ1) is 9.27. The highest BCUT2D eigenvalue weighted by atomic mass is 15.3. The van der Waals surface area contributed by atoms with Gasteiger partial charge in [0.25, 0.3) is 0 Å². The van der Waals surface area contributed by atoms with Crippen LogP contribution in [0.3, 0.4) is 0 Å². The Morgan fingerprint density at radius 3 is 3.00 bits per heavy atom. The van der Waals surface area contributed by atoms with Crippen LogP contribution in [0.1, 0.15) is 44.8 Å². The third-order valence-corrected chi connectivity index (χ3v) is 4.19.